The van der Waals surface area contributed by atoms with E-state index >= 15 is 0 Å². The van der Waals surface area contributed by atoms with Gasteiger partial charge in [-0.3, -0.25) is 14.9 Å². The Bertz CT molecular complexity index is 645. The third-order valence-electron chi connectivity index (χ3n) is 2.59. The molecule has 1 unspecified atom stereocenters. The lowest BCUT2D eigenvalue weighted by atomic mass is 10.1. The first-order valence-corrected chi connectivity index (χ1v) is 6.89. The number of aromatic nitrogens is 1. The molecule has 0 aliphatic rings. The van der Waals surface area contributed by atoms with Gasteiger partial charge in [0.15, 0.2) is 0 Å². The number of benzene rings is 1. The van der Waals surface area contributed by atoms with Gasteiger partial charge in [-0.25, -0.2) is 4.98 Å². The lowest BCUT2D eigenvalue weighted by Gasteiger charge is -2.12. The molecular formula is C12H10ClN3O3S. The highest BCUT2D eigenvalue weighted by Crippen LogP contribution is 2.28. The van der Waals surface area contributed by atoms with E-state index < -0.39 is 10.8 Å². The Hall–Kier alpha value is -1.99. The van der Waals surface area contributed by atoms with Gasteiger partial charge in [-0.05, 0) is 13.0 Å². The number of halogens is 1. The molecule has 6 nitrogen and oxygen atoms in total. The average molecular weight is 312 g/mol. The number of nitro benzene ring substituents is 1. The molecule has 1 aromatic heterocycles. The summed E-state index contributed by atoms with van der Waals surface area (Å²) in [6, 6.07) is 3.83. The molecule has 1 heterocycles. The third kappa shape index (κ3) is 2.94. The first-order valence-electron chi connectivity index (χ1n) is 5.64. The Balaban J connectivity index is 2.22. The zero-order valence-electron chi connectivity index (χ0n) is 10.4. The summed E-state index contributed by atoms with van der Waals surface area (Å²) in [7, 11) is 0. The van der Waals surface area contributed by atoms with E-state index in [2.05, 4.69) is 10.3 Å². The highest BCUT2D eigenvalue weighted by Gasteiger charge is 2.21. The summed E-state index contributed by atoms with van der Waals surface area (Å²) in [5.74, 6) is -0.471. The predicted molar refractivity (Wildman–Crippen MR) is 76.1 cm³/mol. The number of nitrogens with zero attached hydrogens (tertiary/aromatic N) is 2. The third-order valence-corrected chi connectivity index (χ3v) is 3.94. The van der Waals surface area contributed by atoms with Crippen LogP contribution in [0.25, 0.3) is 0 Å². The fraction of sp³-hybridized carbons (Fsp3) is 0.167. The number of rotatable bonds is 4. The maximum Gasteiger partial charge on any atom is 0.288 e. The molecule has 20 heavy (non-hydrogen) atoms. The summed E-state index contributed by atoms with van der Waals surface area (Å²) in [5.41, 5.74) is -0.217. The van der Waals surface area contributed by atoms with E-state index in [-0.39, 0.29) is 22.3 Å². The summed E-state index contributed by atoms with van der Waals surface area (Å²) in [6.45, 7) is 1.78. The summed E-state index contributed by atoms with van der Waals surface area (Å²) in [6.07, 6.45) is 1.64. The van der Waals surface area contributed by atoms with Crippen LogP contribution in [0.15, 0.2) is 29.8 Å². The normalized spacial score (nSPS) is 11.9. The molecule has 0 aliphatic carbocycles. The van der Waals surface area contributed by atoms with Gasteiger partial charge < -0.3 is 5.32 Å². The maximum atomic E-state index is 12.1. The number of carbonyl (C=O) groups excluding carboxylic acids is 1. The lowest BCUT2D eigenvalue weighted by Crippen LogP contribution is -2.26. The van der Waals surface area contributed by atoms with E-state index in [0.29, 0.717) is 0 Å². The second-order valence-electron chi connectivity index (χ2n) is 3.96. The Morgan fingerprint density at radius 2 is 2.30 bits per heavy atom. The minimum absolute atomic E-state index is 0.0734. The lowest BCUT2D eigenvalue weighted by molar-refractivity contribution is -0.384. The first kappa shape index (κ1) is 14.4. The van der Waals surface area contributed by atoms with Crippen molar-refractivity contribution in [2.75, 3.05) is 0 Å². The minimum atomic E-state index is -0.622. The molecule has 0 saturated heterocycles. The average Bonchev–Trinajstić information content (AvgIpc) is 2.92. The molecule has 1 amide bonds. The SMILES string of the molecule is CC(NC(=O)c1cccc([N+](=O)[O-])c1Cl)c1nccs1. The van der Waals surface area contributed by atoms with Gasteiger partial charge in [0.25, 0.3) is 11.6 Å². The Morgan fingerprint density at radius 3 is 2.90 bits per heavy atom. The molecule has 2 rings (SSSR count). The zero-order valence-corrected chi connectivity index (χ0v) is 11.9. The van der Waals surface area contributed by atoms with Crippen molar-refractivity contribution < 1.29 is 9.72 Å². The molecule has 1 N–H and O–H groups in total. The van der Waals surface area contributed by atoms with Crippen molar-refractivity contribution in [2.45, 2.75) is 13.0 Å². The quantitative estimate of drug-likeness (QED) is 0.694. The van der Waals surface area contributed by atoms with Gasteiger partial charge in [-0.15, -0.1) is 11.3 Å². The number of hydrogen-bond donors (Lipinski definition) is 1. The van der Waals surface area contributed by atoms with Gasteiger partial charge in [0.1, 0.15) is 10.0 Å². The molecular weight excluding hydrogens is 302 g/mol. The largest absolute Gasteiger partial charge is 0.343 e. The van der Waals surface area contributed by atoms with Crippen LogP contribution in [-0.4, -0.2) is 15.8 Å². The summed E-state index contributed by atoms with van der Waals surface area (Å²) in [4.78, 5) is 26.4. The van der Waals surface area contributed by atoms with Crippen molar-refractivity contribution in [3.05, 3.63) is 55.5 Å². The summed E-state index contributed by atoms with van der Waals surface area (Å²) < 4.78 is 0. The van der Waals surface area contributed by atoms with Gasteiger partial charge in [-0.1, -0.05) is 17.7 Å². The molecule has 8 heteroatoms. The number of thiazole rings is 1. The van der Waals surface area contributed by atoms with Gasteiger partial charge in [0, 0.05) is 17.6 Å². The van der Waals surface area contributed by atoms with Crippen molar-refractivity contribution in [1.29, 1.82) is 0 Å². The molecule has 0 fully saturated rings. The van der Waals surface area contributed by atoms with Crippen LogP contribution in [0.5, 0.6) is 0 Å². The molecule has 104 valence electrons. The molecule has 0 spiro atoms. The second kappa shape index (κ2) is 5.98. The first-order chi connectivity index (χ1) is 9.50. The molecule has 0 aliphatic heterocycles. The minimum Gasteiger partial charge on any atom is -0.343 e. The van der Waals surface area contributed by atoms with E-state index in [1.165, 1.54) is 29.5 Å². The number of amides is 1. The van der Waals surface area contributed by atoms with Gasteiger partial charge in [-0.2, -0.15) is 0 Å². The standard InChI is InChI=1S/C12H10ClN3O3S/c1-7(12-14-5-6-20-12)15-11(17)8-3-2-4-9(10(8)13)16(18)19/h2-7H,1H3,(H,15,17). The van der Waals surface area contributed by atoms with Crippen molar-refractivity contribution in [2.24, 2.45) is 0 Å². The Kier molecular flexibility index (Phi) is 4.31. The van der Waals surface area contributed by atoms with Crippen molar-refractivity contribution in [3.8, 4) is 0 Å². The van der Waals surface area contributed by atoms with E-state index in [9.17, 15) is 14.9 Å². The highest BCUT2D eigenvalue weighted by molar-refractivity contribution is 7.09. The van der Waals surface area contributed by atoms with Crippen LogP contribution in [0.2, 0.25) is 5.02 Å². The summed E-state index contributed by atoms with van der Waals surface area (Å²) >= 11 is 7.30. The zero-order chi connectivity index (χ0) is 14.7. The van der Waals surface area contributed by atoms with Crippen LogP contribution in [0.3, 0.4) is 0 Å². The van der Waals surface area contributed by atoms with Crippen LogP contribution in [0, 0.1) is 10.1 Å². The van der Waals surface area contributed by atoms with E-state index in [4.69, 9.17) is 11.6 Å². The number of carbonyl (C=O) groups is 1. The van der Waals surface area contributed by atoms with Crippen molar-refractivity contribution >= 4 is 34.5 Å². The smallest absolute Gasteiger partial charge is 0.288 e. The molecule has 0 saturated carbocycles. The fourth-order valence-electron chi connectivity index (χ4n) is 1.62. The van der Waals surface area contributed by atoms with Crippen LogP contribution >= 0.6 is 22.9 Å². The Labute approximate surface area is 123 Å². The summed E-state index contributed by atoms with van der Waals surface area (Å²) in [5, 5.41) is 15.9. The molecule has 1 atom stereocenters. The van der Waals surface area contributed by atoms with Crippen LogP contribution < -0.4 is 5.32 Å². The molecule has 1 aromatic carbocycles. The maximum absolute atomic E-state index is 12.1. The number of hydrogen-bond acceptors (Lipinski definition) is 5. The highest BCUT2D eigenvalue weighted by atomic mass is 35.5. The van der Waals surface area contributed by atoms with E-state index in [1.54, 1.807) is 18.5 Å². The second-order valence-corrected chi connectivity index (χ2v) is 5.27. The Morgan fingerprint density at radius 1 is 1.55 bits per heavy atom. The van der Waals surface area contributed by atoms with Gasteiger partial charge in [0.2, 0.25) is 0 Å². The molecule has 2 aromatic rings. The number of nitro groups is 1. The van der Waals surface area contributed by atoms with E-state index in [0.717, 1.165) is 5.01 Å². The van der Waals surface area contributed by atoms with Crippen molar-refractivity contribution in [3.63, 3.8) is 0 Å². The topological polar surface area (TPSA) is 85.1 Å². The van der Waals surface area contributed by atoms with Crippen LogP contribution in [0.4, 0.5) is 5.69 Å². The predicted octanol–water partition coefficient (Wildman–Crippen LogP) is 3.20. The van der Waals surface area contributed by atoms with Gasteiger partial charge in [0.05, 0.1) is 16.5 Å². The molecule has 0 radical (unpaired) electrons. The van der Waals surface area contributed by atoms with E-state index in [1.807, 2.05) is 0 Å². The van der Waals surface area contributed by atoms with Crippen LogP contribution in [-0.2, 0) is 0 Å². The monoisotopic (exact) mass is 311 g/mol. The fourth-order valence-corrected chi connectivity index (χ4v) is 2.55. The van der Waals surface area contributed by atoms with Crippen LogP contribution in [0.1, 0.15) is 28.3 Å². The number of nitrogens with one attached hydrogen (secondary N) is 1. The molecule has 0 bridgehead atoms. The van der Waals surface area contributed by atoms with Crippen molar-refractivity contribution in [1.82, 2.24) is 10.3 Å². The van der Waals surface area contributed by atoms with Gasteiger partial charge >= 0.3 is 0 Å².